The molecule has 2 heterocycles. The standard InChI is InChI=1S/C28H28Cl2N6O5/c1-15(37)11-31-12-17-9-8-16(10-21(17)41-4)24-23(30)25(33-14-32-24)18-6-5-7-20(22(18)29)34-26(38)19-13-35(2)28(40)36(3)27(19)39/h5-10,13-15,31,37H,11-12H2,1-4H3,(H,34,38)/t15-/m0/s1. The zero-order valence-corrected chi connectivity index (χ0v) is 24.2. The molecule has 4 aromatic rings. The van der Waals surface area contributed by atoms with Crippen LogP contribution in [-0.4, -0.2) is 49.9 Å². The fourth-order valence-corrected chi connectivity index (χ4v) is 4.75. The minimum Gasteiger partial charge on any atom is -0.496 e. The maximum absolute atomic E-state index is 13.0. The van der Waals surface area contributed by atoms with Crippen molar-refractivity contribution in [2.75, 3.05) is 19.0 Å². The number of methoxy groups -OCH3 is 1. The molecule has 1 amide bonds. The van der Waals surface area contributed by atoms with Crippen molar-refractivity contribution in [3.8, 4) is 28.3 Å². The lowest BCUT2D eigenvalue weighted by Crippen LogP contribution is -2.40. The number of amides is 1. The number of aliphatic hydroxyl groups excluding tert-OH is 1. The van der Waals surface area contributed by atoms with Gasteiger partial charge in [0.1, 0.15) is 17.6 Å². The van der Waals surface area contributed by atoms with Crippen LogP contribution in [0.4, 0.5) is 5.69 Å². The number of carbonyl (C=O) groups excluding carboxylic acids is 1. The number of aryl methyl sites for hydroxylation is 1. The lowest BCUT2D eigenvalue weighted by molar-refractivity contribution is 0.102. The van der Waals surface area contributed by atoms with E-state index in [1.54, 1.807) is 32.2 Å². The van der Waals surface area contributed by atoms with Crippen molar-refractivity contribution in [3.63, 3.8) is 0 Å². The second-order valence-electron chi connectivity index (χ2n) is 9.31. The smallest absolute Gasteiger partial charge is 0.330 e. The molecule has 11 nitrogen and oxygen atoms in total. The van der Waals surface area contributed by atoms with Gasteiger partial charge in [0.2, 0.25) is 0 Å². The van der Waals surface area contributed by atoms with Gasteiger partial charge < -0.3 is 25.0 Å². The Hall–Kier alpha value is -4.03. The van der Waals surface area contributed by atoms with Crippen LogP contribution in [0.1, 0.15) is 22.8 Å². The Labute approximate surface area is 245 Å². The van der Waals surface area contributed by atoms with Crippen LogP contribution in [0.15, 0.2) is 58.5 Å². The monoisotopic (exact) mass is 598 g/mol. The second-order valence-corrected chi connectivity index (χ2v) is 10.1. The van der Waals surface area contributed by atoms with Crippen LogP contribution in [0.2, 0.25) is 10.0 Å². The zero-order valence-electron chi connectivity index (χ0n) is 22.7. The molecule has 0 aliphatic rings. The summed E-state index contributed by atoms with van der Waals surface area (Å²) < 4.78 is 7.56. The van der Waals surface area contributed by atoms with E-state index in [0.717, 1.165) is 14.7 Å². The molecule has 0 aliphatic heterocycles. The van der Waals surface area contributed by atoms with Crippen molar-refractivity contribution < 1.29 is 14.6 Å². The van der Waals surface area contributed by atoms with Crippen molar-refractivity contribution in [2.45, 2.75) is 19.6 Å². The predicted octanol–water partition coefficient (Wildman–Crippen LogP) is 3.25. The summed E-state index contributed by atoms with van der Waals surface area (Å²) in [6, 6.07) is 10.5. The number of aromatic nitrogens is 4. The number of halogens is 2. The summed E-state index contributed by atoms with van der Waals surface area (Å²) >= 11 is 13.5. The number of carbonyl (C=O) groups is 1. The summed E-state index contributed by atoms with van der Waals surface area (Å²) in [5.74, 6) is -0.117. The van der Waals surface area contributed by atoms with Gasteiger partial charge in [-0.1, -0.05) is 47.5 Å². The second kappa shape index (κ2) is 12.6. The molecule has 0 spiro atoms. The van der Waals surface area contributed by atoms with Crippen molar-refractivity contribution in [1.82, 2.24) is 24.4 Å². The molecule has 2 aromatic heterocycles. The van der Waals surface area contributed by atoms with Crippen LogP contribution in [0.3, 0.4) is 0 Å². The Morgan fingerprint density at radius 1 is 1.10 bits per heavy atom. The first kappa shape index (κ1) is 29.9. The molecule has 4 rings (SSSR count). The number of hydrogen-bond donors (Lipinski definition) is 3. The minimum atomic E-state index is -0.735. The first-order chi connectivity index (χ1) is 19.5. The number of nitrogens with zero attached hydrogens (tertiary/aromatic N) is 4. The van der Waals surface area contributed by atoms with Gasteiger partial charge in [0, 0.05) is 50.1 Å². The van der Waals surface area contributed by atoms with Gasteiger partial charge in [-0.25, -0.2) is 14.8 Å². The Balaban J connectivity index is 1.67. The van der Waals surface area contributed by atoms with E-state index in [0.29, 0.717) is 41.4 Å². The Morgan fingerprint density at radius 2 is 1.83 bits per heavy atom. The maximum atomic E-state index is 13.0. The first-order valence-corrected chi connectivity index (χ1v) is 13.2. The molecular weight excluding hydrogens is 571 g/mol. The SMILES string of the molecule is COc1cc(-c2ncnc(-c3cccc(NC(=O)c4cn(C)c(=O)n(C)c4=O)c3Cl)c2Cl)ccc1CNC[C@H](C)O. The molecular formula is C28H28Cl2N6O5. The molecule has 0 radical (unpaired) electrons. The van der Waals surface area contributed by atoms with E-state index in [2.05, 4.69) is 20.6 Å². The van der Waals surface area contributed by atoms with Crippen LogP contribution < -0.4 is 26.6 Å². The average molecular weight is 599 g/mol. The van der Waals surface area contributed by atoms with Crippen molar-refractivity contribution in [3.05, 3.63) is 90.9 Å². The number of ether oxygens (including phenoxy) is 1. The molecule has 0 saturated carbocycles. The van der Waals surface area contributed by atoms with E-state index in [4.69, 9.17) is 27.9 Å². The molecule has 2 aromatic carbocycles. The third-order valence-electron chi connectivity index (χ3n) is 6.30. The lowest BCUT2D eigenvalue weighted by Gasteiger charge is -2.15. The van der Waals surface area contributed by atoms with E-state index in [-0.39, 0.29) is 21.3 Å². The molecule has 0 fully saturated rings. The molecule has 0 saturated heterocycles. The summed E-state index contributed by atoms with van der Waals surface area (Å²) in [5.41, 5.74) is 1.48. The lowest BCUT2D eigenvalue weighted by atomic mass is 10.0. The third-order valence-corrected chi connectivity index (χ3v) is 7.06. The highest BCUT2D eigenvalue weighted by Gasteiger charge is 2.20. The molecule has 0 unspecified atom stereocenters. The highest BCUT2D eigenvalue weighted by molar-refractivity contribution is 6.39. The normalized spacial score (nSPS) is 11.8. The molecule has 214 valence electrons. The van der Waals surface area contributed by atoms with E-state index in [9.17, 15) is 19.5 Å². The van der Waals surface area contributed by atoms with E-state index in [1.807, 2.05) is 18.2 Å². The fraction of sp³-hybridized carbons (Fsp3) is 0.250. The van der Waals surface area contributed by atoms with E-state index in [1.165, 1.54) is 26.6 Å². The maximum Gasteiger partial charge on any atom is 0.330 e. The largest absolute Gasteiger partial charge is 0.496 e. The fourth-order valence-electron chi connectivity index (χ4n) is 4.18. The van der Waals surface area contributed by atoms with Gasteiger partial charge in [-0.05, 0) is 19.1 Å². The quantitative estimate of drug-likeness (QED) is 0.267. The van der Waals surface area contributed by atoms with Gasteiger partial charge in [-0.3, -0.25) is 14.2 Å². The summed E-state index contributed by atoms with van der Waals surface area (Å²) in [6.07, 6.45) is 2.06. The minimum absolute atomic E-state index is 0.145. The average Bonchev–Trinajstić information content (AvgIpc) is 2.95. The third kappa shape index (κ3) is 6.33. The summed E-state index contributed by atoms with van der Waals surface area (Å²) in [5, 5.41) is 15.7. The Bertz CT molecular complexity index is 1730. The van der Waals surface area contributed by atoms with Gasteiger partial charge in [0.25, 0.3) is 11.5 Å². The van der Waals surface area contributed by atoms with E-state index >= 15 is 0 Å². The summed E-state index contributed by atoms with van der Waals surface area (Å²) in [4.78, 5) is 46.2. The first-order valence-electron chi connectivity index (χ1n) is 12.5. The topological polar surface area (TPSA) is 140 Å². The van der Waals surface area contributed by atoms with Crippen LogP contribution in [-0.2, 0) is 20.6 Å². The predicted molar refractivity (Wildman–Crippen MR) is 158 cm³/mol. The number of benzene rings is 2. The highest BCUT2D eigenvalue weighted by Crippen LogP contribution is 2.40. The molecule has 41 heavy (non-hydrogen) atoms. The summed E-state index contributed by atoms with van der Waals surface area (Å²) in [6.45, 7) is 2.64. The van der Waals surface area contributed by atoms with Crippen LogP contribution in [0, 0.1) is 0 Å². The number of aliphatic hydroxyl groups is 1. The van der Waals surface area contributed by atoms with Crippen LogP contribution in [0.25, 0.3) is 22.5 Å². The van der Waals surface area contributed by atoms with Gasteiger partial charge in [-0.15, -0.1) is 0 Å². The van der Waals surface area contributed by atoms with Crippen molar-refractivity contribution in [2.24, 2.45) is 14.1 Å². The zero-order chi connectivity index (χ0) is 29.8. The van der Waals surface area contributed by atoms with E-state index < -0.39 is 23.3 Å². The van der Waals surface area contributed by atoms with Crippen molar-refractivity contribution in [1.29, 1.82) is 0 Å². The highest BCUT2D eigenvalue weighted by atomic mass is 35.5. The molecule has 0 aliphatic carbocycles. The Morgan fingerprint density at radius 3 is 2.54 bits per heavy atom. The van der Waals surface area contributed by atoms with Crippen LogP contribution in [0.5, 0.6) is 5.75 Å². The molecule has 3 N–H and O–H groups in total. The van der Waals surface area contributed by atoms with Gasteiger partial charge >= 0.3 is 5.69 Å². The molecule has 13 heteroatoms. The Kier molecular flexibility index (Phi) is 9.24. The van der Waals surface area contributed by atoms with Crippen molar-refractivity contribution >= 4 is 34.8 Å². The number of hydrogen-bond acceptors (Lipinski definition) is 8. The number of rotatable bonds is 9. The summed E-state index contributed by atoms with van der Waals surface area (Å²) in [7, 11) is 4.30. The van der Waals surface area contributed by atoms with Gasteiger partial charge in [-0.2, -0.15) is 0 Å². The van der Waals surface area contributed by atoms with Crippen LogP contribution >= 0.6 is 23.2 Å². The van der Waals surface area contributed by atoms with Gasteiger partial charge in [0.15, 0.2) is 0 Å². The molecule has 0 bridgehead atoms. The number of anilines is 1. The number of nitrogens with one attached hydrogen (secondary N) is 2. The van der Waals surface area contributed by atoms with Gasteiger partial charge in [0.05, 0.1) is 40.3 Å². The molecule has 1 atom stereocenters.